The number of benzene rings is 1. The number of rotatable bonds is 5. The van der Waals surface area contributed by atoms with Crippen molar-refractivity contribution in [2.45, 2.75) is 19.8 Å². The van der Waals surface area contributed by atoms with Gasteiger partial charge in [-0.05, 0) is 18.6 Å². The van der Waals surface area contributed by atoms with Crippen LogP contribution in [0.4, 0.5) is 0 Å². The van der Waals surface area contributed by atoms with Gasteiger partial charge in [0, 0.05) is 5.30 Å². The van der Waals surface area contributed by atoms with Crippen molar-refractivity contribution in [2.75, 3.05) is 13.3 Å². The van der Waals surface area contributed by atoms with Crippen LogP contribution in [0.25, 0.3) is 0 Å². The highest BCUT2D eigenvalue weighted by molar-refractivity contribution is 7.47. The summed E-state index contributed by atoms with van der Waals surface area (Å²) < 4.78 is 5.28. The first-order valence-corrected chi connectivity index (χ1v) is 5.96. The summed E-state index contributed by atoms with van der Waals surface area (Å²) in [5, 5.41) is 1.36. The molecule has 0 heterocycles. The van der Waals surface area contributed by atoms with Crippen molar-refractivity contribution in [3.05, 3.63) is 24.3 Å². The van der Waals surface area contributed by atoms with Crippen LogP contribution in [-0.2, 0) is 0 Å². The highest BCUT2D eigenvalue weighted by atomic mass is 31.1. The number of unbranched alkanes of at least 4 members (excludes halogenated alkanes) is 1. The molecular formula is C11H17OP. The minimum atomic E-state index is 0.892. The van der Waals surface area contributed by atoms with Crippen molar-refractivity contribution < 1.29 is 4.74 Å². The van der Waals surface area contributed by atoms with Gasteiger partial charge in [-0.2, -0.15) is 0 Å². The van der Waals surface area contributed by atoms with Gasteiger partial charge in [0.1, 0.15) is 5.75 Å². The predicted octanol–water partition coefficient (Wildman–Crippen LogP) is 2.80. The molecule has 0 saturated heterocycles. The van der Waals surface area contributed by atoms with Crippen LogP contribution in [0.2, 0.25) is 0 Å². The Morgan fingerprint density at radius 1 is 1.31 bits per heavy atom. The lowest BCUT2D eigenvalue weighted by Gasteiger charge is -2.07. The Bertz CT molecular complexity index is 248. The fourth-order valence-corrected chi connectivity index (χ4v) is 2.56. The monoisotopic (exact) mass is 196 g/mol. The average Bonchev–Trinajstić information content (AvgIpc) is 2.19. The highest BCUT2D eigenvalue weighted by Crippen LogP contribution is 2.19. The quantitative estimate of drug-likeness (QED) is 0.519. The number of hydrogen-bond donors (Lipinski definition) is 0. The van der Waals surface area contributed by atoms with E-state index in [4.69, 9.17) is 4.74 Å². The van der Waals surface area contributed by atoms with Crippen molar-refractivity contribution in [1.82, 2.24) is 0 Å². The topological polar surface area (TPSA) is 9.23 Å². The zero-order valence-corrected chi connectivity index (χ0v) is 9.34. The lowest BCUT2D eigenvalue weighted by atomic mass is 10.3. The zero-order chi connectivity index (χ0) is 9.52. The third-order valence-corrected chi connectivity index (χ3v) is 3.35. The first-order chi connectivity index (χ1) is 6.38. The molecule has 0 aliphatic rings. The Morgan fingerprint density at radius 3 is 2.77 bits per heavy atom. The third kappa shape index (κ3) is 3.36. The van der Waals surface area contributed by atoms with E-state index >= 15 is 0 Å². The van der Waals surface area contributed by atoms with E-state index in [2.05, 4.69) is 19.1 Å². The van der Waals surface area contributed by atoms with Crippen molar-refractivity contribution >= 4 is 13.9 Å². The molecular weight excluding hydrogens is 179 g/mol. The molecule has 13 heavy (non-hydrogen) atoms. The van der Waals surface area contributed by atoms with Crippen LogP contribution in [0.15, 0.2) is 24.3 Å². The van der Waals surface area contributed by atoms with E-state index in [9.17, 15) is 0 Å². The summed E-state index contributed by atoms with van der Waals surface area (Å²) in [5.74, 6) is 1.04. The van der Waals surface area contributed by atoms with E-state index in [-0.39, 0.29) is 0 Å². The minimum absolute atomic E-state index is 0.892. The molecule has 0 N–H and O–H groups in total. The minimum Gasteiger partial charge on any atom is -0.496 e. The summed E-state index contributed by atoms with van der Waals surface area (Å²) in [6.45, 7) is 2.23. The molecule has 0 radical (unpaired) electrons. The maximum atomic E-state index is 5.28. The second-order valence-electron chi connectivity index (χ2n) is 2.98. The first kappa shape index (κ1) is 10.5. The van der Waals surface area contributed by atoms with Crippen molar-refractivity contribution in [3.8, 4) is 5.75 Å². The molecule has 72 valence electrons. The molecule has 1 atom stereocenters. The Kier molecular flexibility index (Phi) is 4.85. The van der Waals surface area contributed by atoms with Gasteiger partial charge in [0.2, 0.25) is 0 Å². The summed E-state index contributed by atoms with van der Waals surface area (Å²) >= 11 is 0. The molecule has 0 amide bonds. The fraction of sp³-hybridized carbons (Fsp3) is 0.455. The van der Waals surface area contributed by atoms with Crippen molar-refractivity contribution in [1.29, 1.82) is 0 Å². The predicted molar refractivity (Wildman–Crippen MR) is 60.7 cm³/mol. The number of ether oxygens (including phenoxy) is 1. The number of hydrogen-bond acceptors (Lipinski definition) is 1. The van der Waals surface area contributed by atoms with Gasteiger partial charge in [-0.25, -0.2) is 0 Å². The van der Waals surface area contributed by atoms with Crippen molar-refractivity contribution in [2.24, 2.45) is 0 Å². The Hall–Kier alpha value is -0.550. The van der Waals surface area contributed by atoms with E-state index in [0.29, 0.717) is 0 Å². The third-order valence-electron chi connectivity index (χ3n) is 1.95. The Balaban J connectivity index is 2.54. The summed E-state index contributed by atoms with van der Waals surface area (Å²) in [6.07, 6.45) is 3.88. The Labute approximate surface area is 82.3 Å². The van der Waals surface area contributed by atoms with Gasteiger partial charge in [0.05, 0.1) is 7.11 Å². The van der Waals surface area contributed by atoms with Crippen LogP contribution >= 0.6 is 8.58 Å². The zero-order valence-electron chi connectivity index (χ0n) is 8.34. The first-order valence-electron chi connectivity index (χ1n) is 4.75. The van der Waals surface area contributed by atoms with Gasteiger partial charge in [0.15, 0.2) is 0 Å². The van der Waals surface area contributed by atoms with Gasteiger partial charge < -0.3 is 4.74 Å². The lowest BCUT2D eigenvalue weighted by molar-refractivity contribution is 0.418. The SMILES string of the molecule is CCCCPc1ccccc1OC. The molecule has 1 rings (SSSR count). The van der Waals surface area contributed by atoms with Gasteiger partial charge >= 0.3 is 0 Å². The second-order valence-corrected chi connectivity index (χ2v) is 4.37. The maximum Gasteiger partial charge on any atom is 0.126 e. The van der Waals surface area contributed by atoms with Crippen LogP contribution in [0.5, 0.6) is 5.75 Å². The molecule has 0 aliphatic carbocycles. The summed E-state index contributed by atoms with van der Waals surface area (Å²) in [7, 11) is 2.63. The molecule has 2 heteroatoms. The summed E-state index contributed by atoms with van der Waals surface area (Å²) in [5.41, 5.74) is 0. The largest absolute Gasteiger partial charge is 0.496 e. The molecule has 0 bridgehead atoms. The van der Waals surface area contributed by atoms with Crippen LogP contribution < -0.4 is 10.0 Å². The number of para-hydroxylation sites is 1. The standard InChI is InChI=1S/C11H17OP/c1-3-4-9-13-11-8-6-5-7-10(11)12-2/h5-8,13H,3-4,9H2,1-2H3. The molecule has 0 aromatic heterocycles. The fourth-order valence-electron chi connectivity index (χ4n) is 1.19. The second kappa shape index (κ2) is 5.99. The van der Waals surface area contributed by atoms with Crippen LogP contribution in [0.1, 0.15) is 19.8 Å². The number of methoxy groups -OCH3 is 1. The van der Waals surface area contributed by atoms with Crippen LogP contribution in [0.3, 0.4) is 0 Å². The smallest absolute Gasteiger partial charge is 0.126 e. The average molecular weight is 196 g/mol. The van der Waals surface area contributed by atoms with Gasteiger partial charge in [-0.1, -0.05) is 40.1 Å². The molecule has 1 unspecified atom stereocenters. The van der Waals surface area contributed by atoms with Crippen LogP contribution in [0, 0.1) is 0 Å². The maximum absolute atomic E-state index is 5.28. The summed E-state index contributed by atoms with van der Waals surface area (Å²) in [6, 6.07) is 8.30. The van der Waals surface area contributed by atoms with Gasteiger partial charge in [0.25, 0.3) is 0 Å². The van der Waals surface area contributed by atoms with E-state index < -0.39 is 0 Å². The normalized spacial score (nSPS) is 10.9. The molecule has 1 aromatic carbocycles. The molecule has 0 spiro atoms. The molecule has 1 nitrogen and oxygen atoms in total. The van der Waals surface area contributed by atoms with Crippen LogP contribution in [-0.4, -0.2) is 13.3 Å². The van der Waals surface area contributed by atoms with Gasteiger partial charge in [-0.3, -0.25) is 0 Å². The van der Waals surface area contributed by atoms with Gasteiger partial charge in [-0.15, -0.1) is 0 Å². The molecule has 0 aliphatic heterocycles. The van der Waals surface area contributed by atoms with E-state index in [1.54, 1.807) is 7.11 Å². The lowest BCUT2D eigenvalue weighted by Crippen LogP contribution is -2.00. The van der Waals surface area contributed by atoms with Crippen molar-refractivity contribution in [3.63, 3.8) is 0 Å². The molecule has 0 fully saturated rings. The highest BCUT2D eigenvalue weighted by Gasteiger charge is 1.99. The Morgan fingerprint density at radius 2 is 2.08 bits per heavy atom. The summed E-state index contributed by atoms with van der Waals surface area (Å²) in [4.78, 5) is 0. The van der Waals surface area contributed by atoms with E-state index in [1.807, 2.05) is 12.1 Å². The van der Waals surface area contributed by atoms with E-state index in [1.165, 1.54) is 24.3 Å². The van der Waals surface area contributed by atoms with E-state index in [0.717, 1.165) is 14.3 Å². The molecule has 0 saturated carbocycles. The molecule has 1 aromatic rings.